The lowest BCUT2D eigenvalue weighted by molar-refractivity contribution is 0.169. The van der Waals surface area contributed by atoms with E-state index in [-0.39, 0.29) is 12.6 Å². The van der Waals surface area contributed by atoms with Crippen LogP contribution in [0.1, 0.15) is 37.8 Å². The van der Waals surface area contributed by atoms with Crippen LogP contribution in [-0.4, -0.2) is 48.3 Å². The molecule has 2 rings (SSSR count). The SMILES string of the molecule is CCC(CNC(=O)NCC(C)CCO)N1CCc2ccccc2C1. The van der Waals surface area contributed by atoms with Gasteiger partial charge in [-0.3, -0.25) is 4.90 Å². The largest absolute Gasteiger partial charge is 0.396 e. The third-order valence-electron chi connectivity index (χ3n) is 4.88. The van der Waals surface area contributed by atoms with Crippen LogP contribution in [-0.2, 0) is 13.0 Å². The van der Waals surface area contributed by atoms with Crippen molar-refractivity contribution in [3.05, 3.63) is 35.4 Å². The smallest absolute Gasteiger partial charge is 0.314 e. The van der Waals surface area contributed by atoms with Gasteiger partial charge in [-0.1, -0.05) is 38.1 Å². The number of aliphatic hydroxyl groups excluding tert-OH is 1. The lowest BCUT2D eigenvalue weighted by Gasteiger charge is -2.35. The summed E-state index contributed by atoms with van der Waals surface area (Å²) < 4.78 is 0. The summed E-state index contributed by atoms with van der Waals surface area (Å²) >= 11 is 0. The molecule has 2 unspecified atom stereocenters. The van der Waals surface area contributed by atoms with E-state index in [0.29, 0.717) is 31.5 Å². The standard InChI is InChI=1S/C19H31N3O2/c1-3-18(13-21-19(24)20-12-15(2)9-11-23)22-10-8-16-6-4-5-7-17(16)14-22/h4-7,15,18,23H,3,8-14H2,1-2H3,(H2,20,21,24). The highest BCUT2D eigenvalue weighted by molar-refractivity contribution is 5.73. The van der Waals surface area contributed by atoms with E-state index in [1.807, 2.05) is 6.92 Å². The van der Waals surface area contributed by atoms with Gasteiger partial charge < -0.3 is 15.7 Å². The summed E-state index contributed by atoms with van der Waals surface area (Å²) in [7, 11) is 0. The first-order valence-electron chi connectivity index (χ1n) is 9.07. The first-order chi connectivity index (χ1) is 11.6. The molecule has 0 saturated carbocycles. The molecule has 1 aliphatic heterocycles. The molecule has 1 aromatic carbocycles. The third kappa shape index (κ3) is 5.49. The van der Waals surface area contributed by atoms with Gasteiger partial charge in [0.2, 0.25) is 0 Å². The van der Waals surface area contributed by atoms with E-state index < -0.39 is 0 Å². The van der Waals surface area contributed by atoms with Gasteiger partial charge in [0.15, 0.2) is 0 Å². The van der Waals surface area contributed by atoms with Crippen molar-refractivity contribution in [2.45, 2.75) is 45.7 Å². The number of benzene rings is 1. The number of carbonyl (C=O) groups is 1. The van der Waals surface area contributed by atoms with Crippen molar-refractivity contribution >= 4 is 6.03 Å². The highest BCUT2D eigenvalue weighted by Crippen LogP contribution is 2.21. The van der Waals surface area contributed by atoms with Gasteiger partial charge in [-0.05, 0) is 36.3 Å². The van der Waals surface area contributed by atoms with Crippen molar-refractivity contribution in [2.75, 3.05) is 26.2 Å². The molecule has 1 aliphatic rings. The molecule has 0 spiro atoms. The van der Waals surface area contributed by atoms with E-state index in [1.54, 1.807) is 0 Å². The number of nitrogens with zero attached hydrogens (tertiary/aromatic N) is 1. The number of fused-ring (bicyclic) bond motifs is 1. The van der Waals surface area contributed by atoms with Gasteiger partial charge in [0, 0.05) is 38.8 Å². The highest BCUT2D eigenvalue weighted by Gasteiger charge is 2.22. The second kappa shape index (κ2) is 9.64. The van der Waals surface area contributed by atoms with Gasteiger partial charge in [-0.25, -0.2) is 4.79 Å². The summed E-state index contributed by atoms with van der Waals surface area (Å²) in [4.78, 5) is 14.4. The summed E-state index contributed by atoms with van der Waals surface area (Å²) in [6.45, 7) is 7.64. The Bertz CT molecular complexity index is 521. The molecule has 0 radical (unpaired) electrons. The van der Waals surface area contributed by atoms with Crippen molar-refractivity contribution in [2.24, 2.45) is 5.92 Å². The normalized spacial score (nSPS) is 17.0. The molecule has 0 bridgehead atoms. The maximum Gasteiger partial charge on any atom is 0.314 e. The van der Waals surface area contributed by atoms with Crippen LogP contribution < -0.4 is 10.6 Å². The molecule has 134 valence electrons. The highest BCUT2D eigenvalue weighted by atomic mass is 16.3. The lowest BCUT2D eigenvalue weighted by Crippen LogP contribution is -2.48. The summed E-state index contributed by atoms with van der Waals surface area (Å²) in [6.07, 6.45) is 2.81. The topological polar surface area (TPSA) is 64.6 Å². The Balaban J connectivity index is 1.77. The third-order valence-corrected chi connectivity index (χ3v) is 4.88. The van der Waals surface area contributed by atoms with E-state index in [9.17, 15) is 4.79 Å². The minimum atomic E-state index is -0.115. The van der Waals surface area contributed by atoms with Crippen molar-refractivity contribution in [1.82, 2.24) is 15.5 Å². The predicted molar refractivity (Wildman–Crippen MR) is 96.9 cm³/mol. The molecule has 24 heavy (non-hydrogen) atoms. The van der Waals surface area contributed by atoms with Gasteiger partial charge in [-0.2, -0.15) is 0 Å². The molecule has 2 atom stereocenters. The van der Waals surface area contributed by atoms with Gasteiger partial charge in [0.25, 0.3) is 0 Å². The minimum absolute atomic E-state index is 0.115. The Morgan fingerprint density at radius 3 is 2.67 bits per heavy atom. The molecule has 1 aromatic rings. The number of hydrogen-bond acceptors (Lipinski definition) is 3. The first kappa shape index (κ1) is 18.7. The number of urea groups is 1. The molecule has 0 aliphatic carbocycles. The first-order valence-corrected chi connectivity index (χ1v) is 9.07. The average molecular weight is 333 g/mol. The molecular weight excluding hydrogens is 302 g/mol. The number of aliphatic hydroxyl groups is 1. The van der Waals surface area contributed by atoms with Crippen LogP contribution in [0, 0.1) is 5.92 Å². The van der Waals surface area contributed by atoms with Crippen LogP contribution in [0.2, 0.25) is 0 Å². The number of hydrogen-bond donors (Lipinski definition) is 3. The Morgan fingerprint density at radius 1 is 1.25 bits per heavy atom. The zero-order valence-electron chi connectivity index (χ0n) is 14.9. The Hall–Kier alpha value is -1.59. The quantitative estimate of drug-likeness (QED) is 0.683. The van der Waals surface area contributed by atoms with Gasteiger partial charge in [0.05, 0.1) is 0 Å². The molecule has 5 heteroatoms. The van der Waals surface area contributed by atoms with Crippen molar-refractivity contribution in [3.8, 4) is 0 Å². The van der Waals surface area contributed by atoms with Gasteiger partial charge >= 0.3 is 6.03 Å². The van der Waals surface area contributed by atoms with E-state index >= 15 is 0 Å². The minimum Gasteiger partial charge on any atom is -0.396 e. The Morgan fingerprint density at radius 2 is 1.96 bits per heavy atom. The molecule has 0 aromatic heterocycles. The van der Waals surface area contributed by atoms with Crippen LogP contribution >= 0.6 is 0 Å². The van der Waals surface area contributed by atoms with Crippen molar-refractivity contribution < 1.29 is 9.90 Å². The molecule has 0 saturated heterocycles. The van der Waals surface area contributed by atoms with E-state index in [2.05, 4.69) is 46.7 Å². The summed E-state index contributed by atoms with van der Waals surface area (Å²) in [6, 6.07) is 8.87. The van der Waals surface area contributed by atoms with E-state index in [1.165, 1.54) is 11.1 Å². The monoisotopic (exact) mass is 333 g/mol. The Labute approximate surface area is 145 Å². The van der Waals surface area contributed by atoms with Crippen molar-refractivity contribution in [3.63, 3.8) is 0 Å². The maximum absolute atomic E-state index is 12.0. The summed E-state index contributed by atoms with van der Waals surface area (Å²) in [5.41, 5.74) is 2.86. The van der Waals surface area contributed by atoms with Gasteiger partial charge in [-0.15, -0.1) is 0 Å². The fraction of sp³-hybridized carbons (Fsp3) is 0.632. The second-order valence-electron chi connectivity index (χ2n) is 6.76. The van der Waals surface area contributed by atoms with Crippen LogP contribution in [0.3, 0.4) is 0 Å². The van der Waals surface area contributed by atoms with Crippen LogP contribution in [0.15, 0.2) is 24.3 Å². The molecule has 1 heterocycles. The van der Waals surface area contributed by atoms with Crippen LogP contribution in [0.4, 0.5) is 4.79 Å². The number of rotatable bonds is 8. The molecule has 0 fully saturated rings. The Kier molecular flexibility index (Phi) is 7.53. The fourth-order valence-electron chi connectivity index (χ4n) is 3.22. The molecule has 5 nitrogen and oxygen atoms in total. The molecule has 2 amide bonds. The van der Waals surface area contributed by atoms with Crippen LogP contribution in [0.25, 0.3) is 0 Å². The fourth-order valence-corrected chi connectivity index (χ4v) is 3.22. The second-order valence-corrected chi connectivity index (χ2v) is 6.76. The number of nitrogens with one attached hydrogen (secondary N) is 2. The summed E-state index contributed by atoms with van der Waals surface area (Å²) in [5.74, 6) is 0.293. The maximum atomic E-state index is 12.0. The zero-order valence-corrected chi connectivity index (χ0v) is 14.9. The van der Waals surface area contributed by atoms with E-state index in [0.717, 1.165) is 25.9 Å². The molecular formula is C19H31N3O2. The van der Waals surface area contributed by atoms with Crippen LogP contribution in [0.5, 0.6) is 0 Å². The predicted octanol–water partition coefficient (Wildman–Crippen LogP) is 2.14. The van der Waals surface area contributed by atoms with Gasteiger partial charge in [0.1, 0.15) is 0 Å². The number of amides is 2. The van der Waals surface area contributed by atoms with E-state index in [4.69, 9.17) is 5.11 Å². The summed E-state index contributed by atoms with van der Waals surface area (Å²) in [5, 5.41) is 14.8. The number of carbonyl (C=O) groups excluding carboxylic acids is 1. The molecule has 3 N–H and O–H groups in total. The lowest BCUT2D eigenvalue weighted by atomic mass is 9.98. The zero-order chi connectivity index (χ0) is 17.4. The average Bonchev–Trinajstić information content (AvgIpc) is 2.60. The van der Waals surface area contributed by atoms with Crippen molar-refractivity contribution in [1.29, 1.82) is 0 Å².